The van der Waals surface area contributed by atoms with Crippen LogP contribution in [0.5, 0.6) is 0 Å². The second-order valence-corrected chi connectivity index (χ2v) is 2.83. The number of nitrogens with zero attached hydrogens (tertiary/aromatic N) is 2. The number of benzene rings is 1. The molecule has 0 amide bonds. The Balaban J connectivity index is 2.79. The lowest BCUT2D eigenvalue weighted by molar-refractivity contribution is 1.20. The van der Waals surface area contributed by atoms with Crippen LogP contribution in [0.25, 0.3) is 10.2 Å². The summed E-state index contributed by atoms with van der Waals surface area (Å²) in [7, 11) is 0. The van der Waals surface area contributed by atoms with Crippen LogP contribution in [0.3, 0.4) is 0 Å². The minimum absolute atomic E-state index is 0.873. The highest BCUT2D eigenvalue weighted by atomic mass is 32.1. The summed E-state index contributed by atoms with van der Waals surface area (Å²) < 4.78 is 4.80. The number of hydrogen-bond acceptors (Lipinski definition) is 5. The molecule has 1 aromatic heterocycles. The van der Waals surface area contributed by atoms with Crippen molar-refractivity contribution in [1.29, 1.82) is 0 Å². The van der Waals surface area contributed by atoms with E-state index in [2.05, 4.69) is 15.0 Å². The highest BCUT2D eigenvalue weighted by Gasteiger charge is 2.01. The molecule has 0 saturated carbocycles. The third kappa shape index (κ3) is 0.941. The highest BCUT2D eigenvalue weighted by Crippen LogP contribution is 2.23. The number of aromatic nitrogens is 2. The number of nitrogens with two attached hydrogens (primary N) is 1. The fourth-order valence-electron chi connectivity index (χ4n) is 0.918. The molecular formula is C6H6N4S. The molecule has 3 N–H and O–H groups in total. The summed E-state index contributed by atoms with van der Waals surface area (Å²) >= 11 is 1.33. The van der Waals surface area contributed by atoms with Crippen LogP contribution in [0.4, 0.5) is 5.69 Å². The third-order valence-corrected chi connectivity index (χ3v) is 2.21. The van der Waals surface area contributed by atoms with E-state index in [9.17, 15) is 0 Å². The summed E-state index contributed by atoms with van der Waals surface area (Å²) in [5.74, 6) is 5.28. The third-order valence-electron chi connectivity index (χ3n) is 1.43. The van der Waals surface area contributed by atoms with Crippen molar-refractivity contribution in [2.24, 2.45) is 5.84 Å². The van der Waals surface area contributed by atoms with Gasteiger partial charge in [0.15, 0.2) is 0 Å². The molecule has 56 valence electrons. The molecule has 0 spiro atoms. The molecule has 2 rings (SSSR count). The first-order chi connectivity index (χ1) is 5.42. The van der Waals surface area contributed by atoms with Crippen molar-refractivity contribution in [3.05, 3.63) is 18.2 Å². The van der Waals surface area contributed by atoms with E-state index in [1.54, 1.807) is 0 Å². The van der Waals surface area contributed by atoms with E-state index < -0.39 is 0 Å². The van der Waals surface area contributed by atoms with Crippen LogP contribution in [-0.4, -0.2) is 9.59 Å². The molecule has 0 aliphatic carbocycles. The van der Waals surface area contributed by atoms with Gasteiger partial charge in [-0.15, -0.1) is 5.10 Å². The Kier molecular flexibility index (Phi) is 1.45. The van der Waals surface area contributed by atoms with Gasteiger partial charge in [0.25, 0.3) is 0 Å². The largest absolute Gasteiger partial charge is 0.323 e. The molecule has 4 nitrogen and oxygen atoms in total. The monoisotopic (exact) mass is 166 g/mol. The summed E-state index contributed by atoms with van der Waals surface area (Å²) in [5.41, 5.74) is 4.34. The zero-order chi connectivity index (χ0) is 7.68. The fourth-order valence-corrected chi connectivity index (χ4v) is 1.56. The maximum absolute atomic E-state index is 5.28. The van der Waals surface area contributed by atoms with Crippen LogP contribution < -0.4 is 11.3 Å². The second kappa shape index (κ2) is 2.44. The molecule has 0 bridgehead atoms. The molecule has 5 heteroatoms. The van der Waals surface area contributed by atoms with Crippen molar-refractivity contribution in [1.82, 2.24) is 9.59 Å². The van der Waals surface area contributed by atoms with Gasteiger partial charge >= 0.3 is 0 Å². The summed E-state index contributed by atoms with van der Waals surface area (Å²) in [6.07, 6.45) is 0. The van der Waals surface area contributed by atoms with Gasteiger partial charge in [-0.25, -0.2) is 0 Å². The summed E-state index contributed by atoms with van der Waals surface area (Å²) in [5, 5.41) is 3.90. The van der Waals surface area contributed by atoms with E-state index in [4.69, 9.17) is 5.84 Å². The first-order valence-corrected chi connectivity index (χ1v) is 3.87. The molecule has 0 unspecified atom stereocenters. The number of nitrogen functional groups attached to an aromatic ring is 1. The highest BCUT2D eigenvalue weighted by molar-refractivity contribution is 7.13. The van der Waals surface area contributed by atoms with Gasteiger partial charge in [0.05, 0.1) is 10.4 Å². The predicted molar refractivity (Wildman–Crippen MR) is 45.2 cm³/mol. The van der Waals surface area contributed by atoms with Crippen LogP contribution in [-0.2, 0) is 0 Å². The quantitative estimate of drug-likeness (QED) is 0.489. The molecule has 2 aromatic rings. The maximum Gasteiger partial charge on any atom is 0.108 e. The number of nitrogens with one attached hydrogen (secondary N) is 1. The van der Waals surface area contributed by atoms with Crippen molar-refractivity contribution in [2.45, 2.75) is 0 Å². The first kappa shape index (κ1) is 6.51. The summed E-state index contributed by atoms with van der Waals surface area (Å²) in [6, 6.07) is 5.68. The molecule has 0 radical (unpaired) electrons. The Bertz CT molecular complexity index is 369. The van der Waals surface area contributed by atoms with Gasteiger partial charge in [-0.05, 0) is 23.7 Å². The van der Waals surface area contributed by atoms with Gasteiger partial charge in [0.2, 0.25) is 0 Å². The van der Waals surface area contributed by atoms with E-state index in [1.807, 2.05) is 18.2 Å². The van der Waals surface area contributed by atoms with Gasteiger partial charge < -0.3 is 5.43 Å². The lowest BCUT2D eigenvalue weighted by Crippen LogP contribution is -2.06. The van der Waals surface area contributed by atoms with E-state index in [0.717, 1.165) is 15.9 Å². The lowest BCUT2D eigenvalue weighted by atomic mass is 10.3. The average molecular weight is 166 g/mol. The van der Waals surface area contributed by atoms with Gasteiger partial charge in [-0.2, -0.15) is 0 Å². The maximum atomic E-state index is 5.28. The van der Waals surface area contributed by atoms with Crippen LogP contribution in [0.2, 0.25) is 0 Å². The number of hydrazine groups is 1. The van der Waals surface area contributed by atoms with Crippen molar-refractivity contribution >= 4 is 27.4 Å². The van der Waals surface area contributed by atoms with Crippen molar-refractivity contribution < 1.29 is 0 Å². The Hall–Kier alpha value is -1.20. The first-order valence-electron chi connectivity index (χ1n) is 3.09. The summed E-state index contributed by atoms with van der Waals surface area (Å²) in [6.45, 7) is 0. The van der Waals surface area contributed by atoms with Crippen molar-refractivity contribution in [3.63, 3.8) is 0 Å². The molecule has 1 aromatic carbocycles. The van der Waals surface area contributed by atoms with E-state index in [0.29, 0.717) is 0 Å². The Morgan fingerprint density at radius 1 is 1.45 bits per heavy atom. The summed E-state index contributed by atoms with van der Waals surface area (Å²) in [4.78, 5) is 0. The molecule has 1 heterocycles. The predicted octanol–water partition coefficient (Wildman–Crippen LogP) is 0.977. The molecule has 0 saturated heterocycles. The van der Waals surface area contributed by atoms with Gasteiger partial charge in [-0.3, -0.25) is 5.84 Å². The van der Waals surface area contributed by atoms with Crippen LogP contribution in [0.15, 0.2) is 18.2 Å². The topological polar surface area (TPSA) is 63.8 Å². The molecular weight excluding hydrogens is 160 g/mol. The standard InChI is InChI=1S/C6H6N4S/c7-8-4-2-1-3-5-6(4)11-10-9-5/h1-3,8H,7H2. The molecule has 0 aliphatic rings. The fraction of sp³-hybridized carbons (Fsp3) is 0. The zero-order valence-electron chi connectivity index (χ0n) is 5.61. The lowest BCUT2D eigenvalue weighted by Gasteiger charge is -1.97. The van der Waals surface area contributed by atoms with Crippen LogP contribution >= 0.6 is 11.5 Å². The van der Waals surface area contributed by atoms with E-state index in [1.165, 1.54) is 11.5 Å². The van der Waals surface area contributed by atoms with Crippen LogP contribution in [0.1, 0.15) is 0 Å². The van der Waals surface area contributed by atoms with E-state index >= 15 is 0 Å². The van der Waals surface area contributed by atoms with Gasteiger partial charge in [-0.1, -0.05) is 10.6 Å². The van der Waals surface area contributed by atoms with Crippen molar-refractivity contribution in [3.8, 4) is 0 Å². The Morgan fingerprint density at radius 3 is 3.18 bits per heavy atom. The smallest absolute Gasteiger partial charge is 0.108 e. The SMILES string of the molecule is NNc1cccc2nnsc12. The Labute approximate surface area is 67.2 Å². The second-order valence-electron chi connectivity index (χ2n) is 2.07. The molecule has 11 heavy (non-hydrogen) atoms. The van der Waals surface area contributed by atoms with Gasteiger partial charge in [0, 0.05) is 0 Å². The Morgan fingerprint density at radius 2 is 2.36 bits per heavy atom. The number of anilines is 1. The van der Waals surface area contributed by atoms with Crippen LogP contribution in [0, 0.1) is 0 Å². The molecule has 0 aliphatic heterocycles. The van der Waals surface area contributed by atoms with E-state index in [-0.39, 0.29) is 0 Å². The minimum Gasteiger partial charge on any atom is -0.323 e. The van der Waals surface area contributed by atoms with Gasteiger partial charge in [0.1, 0.15) is 5.52 Å². The number of hydrogen-bond donors (Lipinski definition) is 2. The normalized spacial score (nSPS) is 10.3. The minimum atomic E-state index is 0.873. The molecule has 0 fully saturated rings. The zero-order valence-corrected chi connectivity index (χ0v) is 6.43. The van der Waals surface area contributed by atoms with Crippen molar-refractivity contribution in [2.75, 3.05) is 5.43 Å². The number of fused-ring (bicyclic) bond motifs is 1. The number of rotatable bonds is 1. The average Bonchev–Trinajstić information content (AvgIpc) is 2.50. The molecule has 0 atom stereocenters.